The van der Waals surface area contributed by atoms with E-state index < -0.39 is 0 Å². The zero-order valence-electron chi connectivity index (χ0n) is 9.30. The number of benzene rings is 1. The molecule has 1 saturated carbocycles. The number of rotatable bonds is 2. The maximum Gasteiger partial charge on any atom is -0.00752 e. The molecule has 1 aromatic carbocycles. The summed E-state index contributed by atoms with van der Waals surface area (Å²) in [5.74, 6) is 0. The lowest BCUT2D eigenvalue weighted by molar-refractivity contribution is 0.580. The number of allylic oxidation sites excluding steroid dienone is 2. The largest absolute Gasteiger partial charge is 0.0645 e. The molecule has 0 aromatic heterocycles. The van der Waals surface area contributed by atoms with Crippen LogP contribution in [0.5, 0.6) is 0 Å². The lowest BCUT2D eigenvalue weighted by atomic mass is 10.0. The van der Waals surface area contributed by atoms with Crippen LogP contribution < -0.4 is 0 Å². The Morgan fingerprint density at radius 1 is 1.29 bits per heavy atom. The highest BCUT2D eigenvalue weighted by molar-refractivity contribution is 5.71. The molecule has 0 bridgehead atoms. The van der Waals surface area contributed by atoms with Crippen molar-refractivity contribution in [3.8, 4) is 0 Å². The van der Waals surface area contributed by atoms with Gasteiger partial charge in [-0.3, -0.25) is 0 Å². The number of hydrogen-bond donors (Lipinski definition) is 0. The van der Waals surface area contributed by atoms with Gasteiger partial charge in [-0.1, -0.05) is 49.8 Å². The molecule has 1 aliphatic rings. The van der Waals surface area contributed by atoms with E-state index in [0.29, 0.717) is 5.41 Å². The Morgan fingerprint density at radius 2 is 1.93 bits per heavy atom. The van der Waals surface area contributed by atoms with Crippen molar-refractivity contribution >= 4 is 5.57 Å². The zero-order chi connectivity index (χ0) is 10.2. The lowest BCUT2D eigenvalue weighted by Crippen LogP contribution is -1.90. The van der Waals surface area contributed by atoms with Crippen molar-refractivity contribution in [1.82, 2.24) is 0 Å². The Balaban J connectivity index is 2.31. The van der Waals surface area contributed by atoms with E-state index in [0.717, 1.165) is 0 Å². The maximum absolute atomic E-state index is 2.37. The van der Waals surface area contributed by atoms with E-state index in [1.54, 1.807) is 5.57 Å². The smallest absolute Gasteiger partial charge is 0.00752 e. The highest BCUT2D eigenvalue weighted by atomic mass is 14.5. The third-order valence-electron chi connectivity index (χ3n) is 3.61. The van der Waals surface area contributed by atoms with Crippen molar-refractivity contribution in [2.24, 2.45) is 5.41 Å². The summed E-state index contributed by atoms with van der Waals surface area (Å²) in [4.78, 5) is 0. The molecule has 0 unspecified atom stereocenters. The fourth-order valence-electron chi connectivity index (χ4n) is 2.13. The average Bonchev–Trinajstić information content (AvgIpc) is 2.92. The first kappa shape index (κ1) is 9.51. The van der Waals surface area contributed by atoms with Crippen LogP contribution in [0.1, 0.15) is 39.2 Å². The molecule has 1 aliphatic carbocycles. The van der Waals surface area contributed by atoms with Gasteiger partial charge in [0.1, 0.15) is 0 Å². The van der Waals surface area contributed by atoms with E-state index in [4.69, 9.17) is 0 Å². The Kier molecular flexibility index (Phi) is 2.22. The van der Waals surface area contributed by atoms with Crippen LogP contribution >= 0.6 is 0 Å². The van der Waals surface area contributed by atoms with Gasteiger partial charge in [-0.05, 0) is 36.3 Å². The molecule has 2 rings (SSSR count). The summed E-state index contributed by atoms with van der Waals surface area (Å²) in [5.41, 5.74) is 5.06. The van der Waals surface area contributed by atoms with Crippen molar-refractivity contribution in [3.05, 3.63) is 41.5 Å². The van der Waals surface area contributed by atoms with E-state index in [1.807, 2.05) is 0 Å². The molecule has 0 spiro atoms. The van der Waals surface area contributed by atoms with Crippen molar-refractivity contribution in [2.75, 3.05) is 0 Å². The van der Waals surface area contributed by atoms with Gasteiger partial charge in [-0.15, -0.1) is 0 Å². The van der Waals surface area contributed by atoms with Crippen LogP contribution in [0.2, 0.25) is 0 Å². The standard InChI is InChI=1S/C14H18/c1-4-14(3)10-13(14)11(2)12-8-6-5-7-9-12/h5-9H,4,10H2,1-3H3/b13-11+/t14-/m0/s1. The molecule has 0 aliphatic heterocycles. The fraction of sp³-hybridized carbons (Fsp3) is 0.429. The second-order valence-electron chi connectivity index (χ2n) is 4.56. The van der Waals surface area contributed by atoms with E-state index in [9.17, 15) is 0 Å². The fourth-order valence-corrected chi connectivity index (χ4v) is 2.13. The Bertz CT molecular complexity index is 359. The summed E-state index contributed by atoms with van der Waals surface area (Å²) >= 11 is 0. The van der Waals surface area contributed by atoms with Crippen molar-refractivity contribution in [2.45, 2.75) is 33.6 Å². The molecule has 0 radical (unpaired) electrons. The third-order valence-corrected chi connectivity index (χ3v) is 3.61. The molecule has 0 nitrogen and oxygen atoms in total. The molecule has 0 heteroatoms. The highest BCUT2D eigenvalue weighted by Crippen LogP contribution is 2.57. The first-order valence-electron chi connectivity index (χ1n) is 5.43. The molecule has 14 heavy (non-hydrogen) atoms. The van der Waals surface area contributed by atoms with Gasteiger partial charge in [-0.2, -0.15) is 0 Å². The van der Waals surface area contributed by atoms with Gasteiger partial charge in [-0.25, -0.2) is 0 Å². The maximum atomic E-state index is 2.37. The molecule has 1 aromatic rings. The topological polar surface area (TPSA) is 0 Å². The van der Waals surface area contributed by atoms with Gasteiger partial charge in [0, 0.05) is 0 Å². The Labute approximate surface area is 86.7 Å². The Morgan fingerprint density at radius 3 is 2.43 bits per heavy atom. The van der Waals surface area contributed by atoms with Crippen molar-refractivity contribution < 1.29 is 0 Å². The predicted molar refractivity (Wildman–Crippen MR) is 62.1 cm³/mol. The minimum atomic E-state index is 0.514. The van der Waals surface area contributed by atoms with Crippen LogP contribution in [0.3, 0.4) is 0 Å². The molecular weight excluding hydrogens is 168 g/mol. The van der Waals surface area contributed by atoms with Gasteiger partial charge < -0.3 is 0 Å². The van der Waals surface area contributed by atoms with Crippen LogP contribution in [-0.2, 0) is 0 Å². The summed E-state index contributed by atoms with van der Waals surface area (Å²) in [6, 6.07) is 10.7. The zero-order valence-corrected chi connectivity index (χ0v) is 9.30. The van der Waals surface area contributed by atoms with Crippen LogP contribution in [0.25, 0.3) is 5.57 Å². The molecule has 0 amide bonds. The molecule has 0 saturated heterocycles. The Hall–Kier alpha value is -1.04. The third kappa shape index (κ3) is 1.50. The lowest BCUT2D eigenvalue weighted by Gasteiger charge is -2.05. The van der Waals surface area contributed by atoms with Crippen molar-refractivity contribution in [1.29, 1.82) is 0 Å². The monoisotopic (exact) mass is 186 g/mol. The van der Waals surface area contributed by atoms with E-state index in [1.165, 1.54) is 24.0 Å². The van der Waals surface area contributed by atoms with E-state index in [-0.39, 0.29) is 0 Å². The molecule has 0 heterocycles. The molecule has 1 fully saturated rings. The van der Waals surface area contributed by atoms with Crippen LogP contribution in [0.4, 0.5) is 0 Å². The second kappa shape index (κ2) is 3.27. The summed E-state index contributed by atoms with van der Waals surface area (Å²) in [6.45, 7) is 6.91. The summed E-state index contributed by atoms with van der Waals surface area (Å²) in [6.07, 6.45) is 2.57. The van der Waals surface area contributed by atoms with Gasteiger partial charge in [0.05, 0.1) is 0 Å². The number of hydrogen-bond acceptors (Lipinski definition) is 0. The highest BCUT2D eigenvalue weighted by Gasteiger charge is 2.43. The van der Waals surface area contributed by atoms with Gasteiger partial charge in [0.15, 0.2) is 0 Å². The first-order chi connectivity index (χ1) is 6.67. The van der Waals surface area contributed by atoms with Crippen LogP contribution in [-0.4, -0.2) is 0 Å². The van der Waals surface area contributed by atoms with Gasteiger partial charge in [0.25, 0.3) is 0 Å². The first-order valence-corrected chi connectivity index (χ1v) is 5.43. The summed E-state index contributed by atoms with van der Waals surface area (Å²) in [5, 5.41) is 0. The van der Waals surface area contributed by atoms with E-state index in [2.05, 4.69) is 51.1 Å². The average molecular weight is 186 g/mol. The van der Waals surface area contributed by atoms with Gasteiger partial charge in [0.2, 0.25) is 0 Å². The molecular formula is C14H18. The quantitative estimate of drug-likeness (QED) is 0.646. The SMILES string of the molecule is CC[C@@]1(C)C/C1=C(/C)c1ccccc1. The van der Waals surface area contributed by atoms with Crippen LogP contribution in [0, 0.1) is 5.41 Å². The normalized spacial score (nSPS) is 28.8. The summed E-state index contributed by atoms with van der Waals surface area (Å²) < 4.78 is 0. The van der Waals surface area contributed by atoms with Crippen LogP contribution in [0.15, 0.2) is 35.9 Å². The summed E-state index contributed by atoms with van der Waals surface area (Å²) in [7, 11) is 0. The molecule has 0 N–H and O–H groups in total. The predicted octanol–water partition coefficient (Wildman–Crippen LogP) is 4.28. The second-order valence-corrected chi connectivity index (χ2v) is 4.56. The minimum Gasteiger partial charge on any atom is -0.0645 e. The van der Waals surface area contributed by atoms with E-state index >= 15 is 0 Å². The molecule has 1 atom stereocenters. The van der Waals surface area contributed by atoms with Gasteiger partial charge >= 0.3 is 0 Å². The molecule has 74 valence electrons. The minimum absolute atomic E-state index is 0.514. The van der Waals surface area contributed by atoms with Crippen molar-refractivity contribution in [3.63, 3.8) is 0 Å².